The first-order valence-electron chi connectivity index (χ1n) is 3.43. The van der Waals surface area contributed by atoms with Crippen molar-refractivity contribution in [1.82, 2.24) is 4.98 Å². The Labute approximate surface area is 82.1 Å². The molecular formula is C7H6F2N2O2S. The van der Waals surface area contributed by atoms with Gasteiger partial charge in [0.15, 0.2) is 0 Å². The summed E-state index contributed by atoms with van der Waals surface area (Å²) in [5.74, 6) is -1.99. The summed E-state index contributed by atoms with van der Waals surface area (Å²) < 4.78 is 25.3. The maximum atomic E-state index is 12.6. The third kappa shape index (κ3) is 2.56. The second kappa shape index (κ2) is 3.79. The van der Waals surface area contributed by atoms with Gasteiger partial charge in [-0.25, -0.2) is 9.78 Å². The predicted molar refractivity (Wildman–Crippen MR) is 47.1 cm³/mol. The highest BCUT2D eigenvalue weighted by Crippen LogP contribution is 2.35. The van der Waals surface area contributed by atoms with Crippen molar-refractivity contribution in [1.29, 1.82) is 0 Å². The van der Waals surface area contributed by atoms with Crippen LogP contribution in [0.15, 0.2) is 23.2 Å². The molecule has 3 N–H and O–H groups in total. The number of carboxylic acid groups (broad SMARTS) is 1. The summed E-state index contributed by atoms with van der Waals surface area (Å²) >= 11 is -0.0882. The molecule has 0 saturated carbocycles. The Morgan fingerprint density at radius 1 is 1.57 bits per heavy atom. The van der Waals surface area contributed by atoms with Crippen molar-refractivity contribution in [3.63, 3.8) is 0 Å². The maximum absolute atomic E-state index is 12.6. The van der Waals surface area contributed by atoms with Gasteiger partial charge < -0.3 is 10.8 Å². The van der Waals surface area contributed by atoms with E-state index in [-0.39, 0.29) is 22.5 Å². The molecule has 1 aromatic rings. The van der Waals surface area contributed by atoms with Gasteiger partial charge in [-0.2, -0.15) is 8.78 Å². The lowest BCUT2D eigenvalue weighted by atomic mass is 10.5. The highest BCUT2D eigenvalue weighted by molar-refractivity contribution is 8.01. The molecule has 14 heavy (non-hydrogen) atoms. The van der Waals surface area contributed by atoms with Gasteiger partial charge >= 0.3 is 11.2 Å². The van der Waals surface area contributed by atoms with Crippen molar-refractivity contribution in [2.75, 3.05) is 5.73 Å². The first kappa shape index (κ1) is 10.7. The molecule has 76 valence electrons. The number of nitrogens with zero attached hydrogens (tertiary/aromatic N) is 1. The van der Waals surface area contributed by atoms with Crippen LogP contribution in [0.1, 0.15) is 0 Å². The Balaban J connectivity index is 2.79. The zero-order valence-electron chi connectivity index (χ0n) is 6.78. The van der Waals surface area contributed by atoms with Crippen LogP contribution < -0.4 is 5.73 Å². The Morgan fingerprint density at radius 3 is 2.64 bits per heavy atom. The van der Waals surface area contributed by atoms with E-state index in [1.807, 2.05) is 0 Å². The van der Waals surface area contributed by atoms with Crippen LogP contribution in [0.3, 0.4) is 0 Å². The highest BCUT2D eigenvalue weighted by Gasteiger charge is 2.40. The molecule has 0 amide bonds. The second-order valence-corrected chi connectivity index (χ2v) is 3.53. The second-order valence-electron chi connectivity index (χ2n) is 2.34. The van der Waals surface area contributed by atoms with Gasteiger partial charge in [0.1, 0.15) is 5.82 Å². The van der Waals surface area contributed by atoms with Crippen molar-refractivity contribution in [2.45, 2.75) is 10.2 Å². The third-order valence-electron chi connectivity index (χ3n) is 1.25. The van der Waals surface area contributed by atoms with Crippen LogP contribution in [0.4, 0.5) is 14.6 Å². The number of nitrogen functional groups attached to an aromatic ring is 1. The maximum Gasteiger partial charge on any atom is 0.393 e. The normalized spacial score (nSPS) is 11.3. The molecule has 0 aliphatic carbocycles. The molecule has 0 aliphatic rings. The lowest BCUT2D eigenvalue weighted by Gasteiger charge is -2.09. The zero-order chi connectivity index (χ0) is 10.8. The van der Waals surface area contributed by atoms with Crippen LogP contribution in [0, 0.1) is 0 Å². The minimum absolute atomic E-state index is 0.0478. The van der Waals surface area contributed by atoms with Crippen molar-refractivity contribution in [2.24, 2.45) is 0 Å². The van der Waals surface area contributed by atoms with E-state index < -0.39 is 11.2 Å². The molecule has 0 aromatic carbocycles. The third-order valence-corrected chi connectivity index (χ3v) is 2.16. The zero-order valence-corrected chi connectivity index (χ0v) is 7.59. The van der Waals surface area contributed by atoms with Crippen LogP contribution in [0.2, 0.25) is 0 Å². The molecule has 0 radical (unpaired) electrons. The molecule has 7 heteroatoms. The standard InChI is InChI=1S/C7H6F2N2O2S/c8-7(9,6(12)13)14-4-1-2-5(10)11-3-4/h1-3H,(H2,10,11)(H,12,13). The predicted octanol–water partition coefficient (Wildman–Crippen LogP) is 1.43. The Kier molecular flexibility index (Phi) is 2.90. The van der Waals surface area contributed by atoms with E-state index >= 15 is 0 Å². The number of aromatic nitrogens is 1. The minimum Gasteiger partial charge on any atom is -0.476 e. The van der Waals surface area contributed by atoms with Gasteiger partial charge in [0.2, 0.25) is 0 Å². The quantitative estimate of drug-likeness (QED) is 0.753. The number of alkyl halides is 2. The number of thioether (sulfide) groups is 1. The van der Waals surface area contributed by atoms with E-state index in [2.05, 4.69) is 4.98 Å². The fourth-order valence-corrected chi connectivity index (χ4v) is 1.27. The number of hydrogen-bond donors (Lipinski definition) is 2. The van der Waals surface area contributed by atoms with E-state index in [1.54, 1.807) is 0 Å². The fraction of sp³-hybridized carbons (Fsp3) is 0.143. The highest BCUT2D eigenvalue weighted by atomic mass is 32.2. The SMILES string of the molecule is Nc1ccc(SC(F)(F)C(=O)O)cn1. The average Bonchev–Trinajstić information content (AvgIpc) is 2.08. The number of nitrogens with two attached hydrogens (primary N) is 1. The molecule has 0 unspecified atom stereocenters. The van der Waals surface area contributed by atoms with E-state index in [9.17, 15) is 13.6 Å². The summed E-state index contributed by atoms with van der Waals surface area (Å²) in [6, 6.07) is 2.60. The minimum atomic E-state index is -3.85. The average molecular weight is 220 g/mol. The van der Waals surface area contributed by atoms with Crippen LogP contribution in [0.5, 0.6) is 0 Å². The number of halogens is 2. The molecule has 0 aliphatic heterocycles. The summed E-state index contributed by atoms with van der Waals surface area (Å²) in [7, 11) is 0. The van der Waals surface area contributed by atoms with Crippen LogP contribution in [-0.4, -0.2) is 21.3 Å². The molecule has 0 saturated heterocycles. The number of rotatable bonds is 3. The molecule has 1 rings (SSSR count). The molecular weight excluding hydrogens is 214 g/mol. The summed E-state index contributed by atoms with van der Waals surface area (Å²) in [6.07, 6.45) is 1.09. The van der Waals surface area contributed by atoms with E-state index in [0.29, 0.717) is 0 Å². The molecule has 0 atom stereocenters. The topological polar surface area (TPSA) is 76.2 Å². The van der Waals surface area contributed by atoms with Gasteiger partial charge in [0.25, 0.3) is 0 Å². The summed E-state index contributed by atoms with van der Waals surface area (Å²) in [5.41, 5.74) is 5.23. The number of aliphatic carboxylic acids is 1. The Hall–Kier alpha value is -1.37. The number of pyridine rings is 1. The first-order valence-corrected chi connectivity index (χ1v) is 4.25. The molecule has 0 bridgehead atoms. The number of anilines is 1. The number of carboxylic acids is 1. The van der Waals surface area contributed by atoms with Crippen LogP contribution >= 0.6 is 11.8 Å². The van der Waals surface area contributed by atoms with Gasteiger partial charge in [-0.3, -0.25) is 0 Å². The van der Waals surface area contributed by atoms with Crippen molar-refractivity contribution in [3.05, 3.63) is 18.3 Å². The lowest BCUT2D eigenvalue weighted by molar-refractivity contribution is -0.152. The summed E-state index contributed by atoms with van der Waals surface area (Å²) in [5, 5.41) is 4.29. The molecule has 4 nitrogen and oxygen atoms in total. The van der Waals surface area contributed by atoms with Gasteiger partial charge in [0.05, 0.1) is 0 Å². The van der Waals surface area contributed by atoms with Crippen molar-refractivity contribution < 1.29 is 18.7 Å². The lowest BCUT2D eigenvalue weighted by Crippen LogP contribution is -2.23. The smallest absolute Gasteiger partial charge is 0.393 e. The monoisotopic (exact) mass is 220 g/mol. The molecule has 0 spiro atoms. The van der Waals surface area contributed by atoms with E-state index in [1.165, 1.54) is 12.1 Å². The van der Waals surface area contributed by atoms with E-state index in [0.717, 1.165) is 6.20 Å². The summed E-state index contributed by atoms with van der Waals surface area (Å²) in [4.78, 5) is 13.7. The van der Waals surface area contributed by atoms with Crippen LogP contribution in [0.25, 0.3) is 0 Å². The van der Waals surface area contributed by atoms with Gasteiger partial charge in [-0.05, 0) is 23.9 Å². The first-order chi connectivity index (χ1) is 6.42. The Bertz CT molecular complexity index is 342. The van der Waals surface area contributed by atoms with Gasteiger partial charge in [-0.15, -0.1) is 0 Å². The largest absolute Gasteiger partial charge is 0.476 e. The summed E-state index contributed by atoms with van der Waals surface area (Å²) in [6.45, 7) is 0. The number of carbonyl (C=O) groups is 1. The Morgan fingerprint density at radius 2 is 2.21 bits per heavy atom. The molecule has 1 heterocycles. The van der Waals surface area contributed by atoms with E-state index in [4.69, 9.17) is 10.8 Å². The van der Waals surface area contributed by atoms with Crippen molar-refractivity contribution >= 4 is 23.5 Å². The fourth-order valence-electron chi connectivity index (χ4n) is 0.644. The number of hydrogen-bond acceptors (Lipinski definition) is 4. The van der Waals surface area contributed by atoms with Crippen molar-refractivity contribution in [3.8, 4) is 0 Å². The molecule has 0 fully saturated rings. The van der Waals surface area contributed by atoms with Crippen LogP contribution in [-0.2, 0) is 4.79 Å². The van der Waals surface area contributed by atoms with Gasteiger partial charge in [-0.1, -0.05) is 0 Å². The molecule has 1 aromatic heterocycles. The van der Waals surface area contributed by atoms with Gasteiger partial charge in [0, 0.05) is 11.1 Å².